The Kier molecular flexibility index (Phi) is 4.59. The van der Waals surface area contributed by atoms with Crippen molar-refractivity contribution in [3.8, 4) is 0 Å². The van der Waals surface area contributed by atoms with Gasteiger partial charge in [-0.05, 0) is 43.5 Å². The minimum atomic E-state index is 0.427. The number of hydrogen-bond donors (Lipinski definition) is 1. The lowest BCUT2D eigenvalue weighted by Gasteiger charge is -2.18. The zero-order chi connectivity index (χ0) is 13.8. The van der Waals surface area contributed by atoms with Crippen molar-refractivity contribution in [2.75, 3.05) is 0 Å². The summed E-state index contributed by atoms with van der Waals surface area (Å²) in [5.41, 5.74) is 2.69. The molecule has 1 N–H and O–H groups in total. The first-order chi connectivity index (χ1) is 9.09. The lowest BCUT2D eigenvalue weighted by atomic mass is 10.0. The molecule has 2 rings (SSSR count). The molecule has 1 unspecified atom stereocenters. The maximum atomic E-state index is 5.41. The van der Waals surface area contributed by atoms with Crippen LogP contribution in [0.4, 0.5) is 0 Å². The summed E-state index contributed by atoms with van der Waals surface area (Å²) in [6.07, 6.45) is 4.24. The molecule has 1 aromatic heterocycles. The molecule has 19 heavy (non-hydrogen) atoms. The van der Waals surface area contributed by atoms with E-state index in [-0.39, 0.29) is 0 Å². The number of hydrogen-bond acceptors (Lipinski definition) is 1. The van der Waals surface area contributed by atoms with Crippen LogP contribution in [0.1, 0.15) is 50.4 Å². The first-order valence-electron chi connectivity index (χ1n) is 6.93. The van der Waals surface area contributed by atoms with E-state index in [1.807, 2.05) is 6.20 Å². The second-order valence-electron chi connectivity index (χ2n) is 5.42. The predicted molar refractivity (Wildman–Crippen MR) is 83.2 cm³/mol. The molecule has 0 bridgehead atoms. The minimum absolute atomic E-state index is 0.427. The Morgan fingerprint density at radius 3 is 2.47 bits per heavy atom. The number of rotatable bonds is 5. The van der Waals surface area contributed by atoms with Gasteiger partial charge in [-0.2, -0.15) is 0 Å². The van der Waals surface area contributed by atoms with Crippen molar-refractivity contribution in [1.29, 1.82) is 0 Å². The van der Waals surface area contributed by atoms with Crippen LogP contribution >= 0.6 is 12.2 Å². The average molecular weight is 274 g/mol. The van der Waals surface area contributed by atoms with Gasteiger partial charge in [0, 0.05) is 17.9 Å². The van der Waals surface area contributed by atoms with Crippen LogP contribution in [-0.2, 0) is 6.42 Å². The second-order valence-corrected chi connectivity index (χ2v) is 5.80. The Bertz CT molecular complexity index is 566. The fourth-order valence-electron chi connectivity index (χ4n) is 2.44. The Morgan fingerprint density at radius 1 is 1.16 bits per heavy atom. The third-order valence-corrected chi connectivity index (χ3v) is 3.88. The Balaban J connectivity index is 2.10. The van der Waals surface area contributed by atoms with Crippen LogP contribution in [0.5, 0.6) is 0 Å². The number of nitrogens with zero attached hydrogens (tertiary/aromatic N) is 1. The van der Waals surface area contributed by atoms with Crippen LogP contribution in [0.15, 0.2) is 36.5 Å². The van der Waals surface area contributed by atoms with E-state index in [4.69, 9.17) is 12.2 Å². The standard InChI is InChI=1S/C16H22N2S/c1-12(2)15-11-17-16(19)18(15)13(3)9-10-14-7-5-4-6-8-14/h4-8,11-13H,9-10H2,1-3H3,(H,17,19). The fraction of sp³-hybridized carbons (Fsp3) is 0.438. The molecule has 0 aliphatic heterocycles. The quantitative estimate of drug-likeness (QED) is 0.772. The highest BCUT2D eigenvalue weighted by Gasteiger charge is 2.13. The van der Waals surface area contributed by atoms with Crippen LogP contribution in [-0.4, -0.2) is 9.55 Å². The molecule has 0 saturated heterocycles. The van der Waals surface area contributed by atoms with Gasteiger partial charge in [-0.25, -0.2) is 0 Å². The fourth-order valence-corrected chi connectivity index (χ4v) is 2.79. The zero-order valence-corrected chi connectivity index (χ0v) is 12.7. The summed E-state index contributed by atoms with van der Waals surface area (Å²) in [5.74, 6) is 0.493. The van der Waals surface area contributed by atoms with Gasteiger partial charge in [0.1, 0.15) is 0 Å². The lowest BCUT2D eigenvalue weighted by Crippen LogP contribution is -2.11. The van der Waals surface area contributed by atoms with Crippen molar-refractivity contribution in [2.24, 2.45) is 0 Å². The topological polar surface area (TPSA) is 20.7 Å². The number of aromatic amines is 1. The Labute approximate surface area is 120 Å². The van der Waals surface area contributed by atoms with Crippen molar-refractivity contribution in [2.45, 2.75) is 45.6 Å². The van der Waals surface area contributed by atoms with E-state index in [0.717, 1.165) is 17.6 Å². The van der Waals surface area contributed by atoms with E-state index in [2.05, 4.69) is 60.7 Å². The van der Waals surface area contributed by atoms with Gasteiger partial charge in [0.2, 0.25) is 0 Å². The molecule has 1 aromatic carbocycles. The maximum Gasteiger partial charge on any atom is 0.177 e. The van der Waals surface area contributed by atoms with Gasteiger partial charge in [0.25, 0.3) is 0 Å². The van der Waals surface area contributed by atoms with Crippen molar-refractivity contribution < 1.29 is 0 Å². The first-order valence-corrected chi connectivity index (χ1v) is 7.34. The summed E-state index contributed by atoms with van der Waals surface area (Å²) in [4.78, 5) is 3.18. The number of benzene rings is 1. The third-order valence-electron chi connectivity index (χ3n) is 3.57. The average Bonchev–Trinajstić information content (AvgIpc) is 2.79. The van der Waals surface area contributed by atoms with Crippen LogP contribution in [0.3, 0.4) is 0 Å². The summed E-state index contributed by atoms with van der Waals surface area (Å²) < 4.78 is 3.10. The van der Waals surface area contributed by atoms with Crippen LogP contribution in [0.25, 0.3) is 0 Å². The zero-order valence-electron chi connectivity index (χ0n) is 11.9. The van der Waals surface area contributed by atoms with E-state index < -0.39 is 0 Å². The molecular weight excluding hydrogens is 252 g/mol. The van der Waals surface area contributed by atoms with Gasteiger partial charge in [-0.15, -0.1) is 0 Å². The number of nitrogens with one attached hydrogen (secondary N) is 1. The van der Waals surface area contributed by atoms with Crippen LogP contribution in [0.2, 0.25) is 0 Å². The highest BCUT2D eigenvalue weighted by molar-refractivity contribution is 7.71. The molecule has 3 heteroatoms. The normalized spacial score (nSPS) is 12.8. The molecule has 0 saturated carbocycles. The van der Waals surface area contributed by atoms with E-state index >= 15 is 0 Å². The van der Waals surface area contributed by atoms with Gasteiger partial charge < -0.3 is 9.55 Å². The molecule has 1 heterocycles. The van der Waals surface area contributed by atoms with Gasteiger partial charge in [-0.3, -0.25) is 0 Å². The van der Waals surface area contributed by atoms with Gasteiger partial charge >= 0.3 is 0 Å². The molecule has 0 aliphatic rings. The van der Waals surface area contributed by atoms with Crippen LogP contribution < -0.4 is 0 Å². The molecule has 0 radical (unpaired) electrons. The Morgan fingerprint density at radius 2 is 1.84 bits per heavy atom. The number of H-pyrrole nitrogens is 1. The molecule has 0 amide bonds. The molecular formula is C16H22N2S. The molecule has 102 valence electrons. The van der Waals surface area contributed by atoms with Crippen molar-refractivity contribution >= 4 is 12.2 Å². The Hall–Kier alpha value is -1.35. The van der Waals surface area contributed by atoms with Gasteiger partial charge in [0.15, 0.2) is 4.77 Å². The van der Waals surface area contributed by atoms with Gasteiger partial charge in [-0.1, -0.05) is 44.2 Å². The number of imidazole rings is 1. The lowest BCUT2D eigenvalue weighted by molar-refractivity contribution is 0.478. The van der Waals surface area contributed by atoms with E-state index in [0.29, 0.717) is 12.0 Å². The first kappa shape index (κ1) is 14.1. The number of aromatic nitrogens is 2. The summed E-state index contributed by atoms with van der Waals surface area (Å²) in [5, 5.41) is 0. The summed E-state index contributed by atoms with van der Waals surface area (Å²) in [6, 6.07) is 11.1. The van der Waals surface area contributed by atoms with E-state index in [1.54, 1.807) is 0 Å². The monoisotopic (exact) mass is 274 g/mol. The van der Waals surface area contributed by atoms with E-state index in [1.165, 1.54) is 11.3 Å². The van der Waals surface area contributed by atoms with Crippen LogP contribution in [0, 0.1) is 4.77 Å². The highest BCUT2D eigenvalue weighted by Crippen LogP contribution is 2.22. The molecule has 1 atom stereocenters. The van der Waals surface area contributed by atoms with Crippen molar-refractivity contribution in [3.05, 3.63) is 52.6 Å². The predicted octanol–water partition coefficient (Wildman–Crippen LogP) is 4.86. The number of aryl methyl sites for hydroxylation is 1. The third kappa shape index (κ3) is 3.35. The minimum Gasteiger partial charge on any atom is -0.337 e. The summed E-state index contributed by atoms with van der Waals surface area (Å²) >= 11 is 5.41. The molecule has 2 nitrogen and oxygen atoms in total. The molecule has 2 aromatic rings. The SMILES string of the molecule is CC(C)c1c[nH]c(=S)n1C(C)CCc1ccccc1. The molecule has 0 aliphatic carbocycles. The summed E-state index contributed by atoms with van der Waals surface area (Å²) in [6.45, 7) is 6.66. The smallest absolute Gasteiger partial charge is 0.177 e. The highest BCUT2D eigenvalue weighted by atomic mass is 32.1. The summed E-state index contributed by atoms with van der Waals surface area (Å²) in [7, 11) is 0. The van der Waals surface area contributed by atoms with Crippen molar-refractivity contribution in [1.82, 2.24) is 9.55 Å². The largest absolute Gasteiger partial charge is 0.337 e. The molecule has 0 spiro atoms. The second kappa shape index (κ2) is 6.20. The maximum absolute atomic E-state index is 5.41. The molecule has 0 fully saturated rings. The van der Waals surface area contributed by atoms with E-state index in [9.17, 15) is 0 Å². The van der Waals surface area contributed by atoms with Crippen molar-refractivity contribution in [3.63, 3.8) is 0 Å². The van der Waals surface area contributed by atoms with Gasteiger partial charge in [0.05, 0.1) is 0 Å².